The Morgan fingerprint density at radius 1 is 1.05 bits per heavy atom. The Hall–Kier alpha value is -2.01. The minimum Gasteiger partial charge on any atom is -0.354 e. The van der Waals surface area contributed by atoms with Gasteiger partial charge in [-0.3, -0.25) is 4.79 Å². The lowest BCUT2D eigenvalue weighted by atomic mass is 10.1. The number of aromatic nitrogens is 1. The number of carbonyl (C=O) groups is 1. The normalized spacial score (nSPS) is 10.9. The number of hydrogen-bond acceptors (Lipinski definition) is 1. The molecule has 0 fully saturated rings. The van der Waals surface area contributed by atoms with E-state index in [-0.39, 0.29) is 0 Å². The molecule has 1 heterocycles. The van der Waals surface area contributed by atoms with E-state index in [1.165, 1.54) is 6.07 Å². The molecule has 0 aliphatic heterocycles. The van der Waals surface area contributed by atoms with Gasteiger partial charge in [0.25, 0.3) is 0 Å². The van der Waals surface area contributed by atoms with Crippen LogP contribution in [0.2, 0.25) is 0 Å². The van der Waals surface area contributed by atoms with Crippen molar-refractivity contribution in [3.05, 3.63) is 58.1 Å². The van der Waals surface area contributed by atoms with E-state index in [0.29, 0.717) is 23.1 Å². The standard InChI is InChI=1S/C15H8BrF2NO/c16-9-2-4-14-10(6-9)11(7-20)15(19-14)8-1-3-12(17)13(18)5-8/h1-7,19H. The van der Waals surface area contributed by atoms with Crippen LogP contribution < -0.4 is 0 Å². The number of rotatable bonds is 2. The van der Waals surface area contributed by atoms with Gasteiger partial charge in [-0.1, -0.05) is 15.9 Å². The summed E-state index contributed by atoms with van der Waals surface area (Å²) < 4.78 is 27.2. The Labute approximate surface area is 121 Å². The first-order valence-electron chi connectivity index (χ1n) is 5.82. The molecule has 1 aromatic heterocycles. The first kappa shape index (κ1) is 13.0. The largest absolute Gasteiger partial charge is 0.354 e. The second kappa shape index (κ2) is 4.83. The van der Waals surface area contributed by atoms with E-state index < -0.39 is 11.6 Å². The van der Waals surface area contributed by atoms with Gasteiger partial charge in [-0.25, -0.2) is 8.78 Å². The first-order valence-corrected chi connectivity index (χ1v) is 6.61. The van der Waals surface area contributed by atoms with Crippen LogP contribution in [0.1, 0.15) is 10.4 Å². The summed E-state index contributed by atoms with van der Waals surface area (Å²) in [6.45, 7) is 0. The summed E-state index contributed by atoms with van der Waals surface area (Å²) in [4.78, 5) is 14.4. The third kappa shape index (κ3) is 2.04. The lowest BCUT2D eigenvalue weighted by Gasteiger charge is -2.01. The fraction of sp³-hybridized carbons (Fsp3) is 0. The summed E-state index contributed by atoms with van der Waals surface area (Å²) in [5.74, 6) is -1.86. The van der Waals surface area contributed by atoms with Crippen molar-refractivity contribution in [2.75, 3.05) is 0 Å². The van der Waals surface area contributed by atoms with E-state index in [4.69, 9.17) is 0 Å². The Morgan fingerprint density at radius 3 is 2.55 bits per heavy atom. The quantitative estimate of drug-likeness (QED) is 0.677. The van der Waals surface area contributed by atoms with Crippen LogP contribution in [0.25, 0.3) is 22.2 Å². The van der Waals surface area contributed by atoms with Gasteiger partial charge in [0.1, 0.15) is 0 Å². The third-order valence-corrected chi connectivity index (χ3v) is 3.62. The van der Waals surface area contributed by atoms with Gasteiger partial charge >= 0.3 is 0 Å². The molecule has 1 N–H and O–H groups in total. The number of fused-ring (bicyclic) bond motifs is 1. The summed E-state index contributed by atoms with van der Waals surface area (Å²) in [6.07, 6.45) is 0.710. The van der Waals surface area contributed by atoms with E-state index in [1.807, 2.05) is 12.1 Å². The molecule has 0 spiro atoms. The van der Waals surface area contributed by atoms with E-state index in [9.17, 15) is 13.6 Å². The molecule has 0 saturated carbocycles. The molecule has 20 heavy (non-hydrogen) atoms. The van der Waals surface area contributed by atoms with Crippen molar-refractivity contribution in [1.29, 1.82) is 0 Å². The van der Waals surface area contributed by atoms with Gasteiger partial charge in [0, 0.05) is 26.5 Å². The summed E-state index contributed by atoms with van der Waals surface area (Å²) >= 11 is 3.34. The molecule has 5 heteroatoms. The lowest BCUT2D eigenvalue weighted by Crippen LogP contribution is -1.88. The molecule has 0 saturated heterocycles. The van der Waals surface area contributed by atoms with Crippen molar-refractivity contribution in [2.45, 2.75) is 0 Å². The van der Waals surface area contributed by atoms with Crippen LogP contribution in [0.4, 0.5) is 8.78 Å². The molecule has 0 atom stereocenters. The molecule has 100 valence electrons. The van der Waals surface area contributed by atoms with Gasteiger partial charge in [0.2, 0.25) is 0 Å². The van der Waals surface area contributed by atoms with Crippen LogP contribution in [0.15, 0.2) is 40.9 Å². The van der Waals surface area contributed by atoms with Gasteiger partial charge in [0.15, 0.2) is 17.9 Å². The molecular formula is C15H8BrF2NO. The summed E-state index contributed by atoms with van der Waals surface area (Å²) in [5.41, 5.74) is 2.09. The third-order valence-electron chi connectivity index (χ3n) is 3.13. The number of nitrogens with one attached hydrogen (secondary N) is 1. The van der Waals surface area contributed by atoms with E-state index >= 15 is 0 Å². The van der Waals surface area contributed by atoms with Crippen molar-refractivity contribution in [1.82, 2.24) is 4.98 Å². The van der Waals surface area contributed by atoms with Crippen LogP contribution in [-0.4, -0.2) is 11.3 Å². The molecule has 2 aromatic carbocycles. The van der Waals surface area contributed by atoms with Crippen molar-refractivity contribution >= 4 is 33.1 Å². The fourth-order valence-electron chi connectivity index (χ4n) is 2.19. The number of aromatic amines is 1. The number of benzene rings is 2. The van der Waals surface area contributed by atoms with Crippen molar-refractivity contribution in [2.24, 2.45) is 0 Å². The highest BCUT2D eigenvalue weighted by Gasteiger charge is 2.14. The number of halogens is 3. The Balaban J connectivity index is 2.30. The maximum absolute atomic E-state index is 13.3. The van der Waals surface area contributed by atoms with Gasteiger partial charge < -0.3 is 4.98 Å². The smallest absolute Gasteiger partial charge is 0.159 e. The number of aldehydes is 1. The van der Waals surface area contributed by atoms with E-state index in [1.54, 1.807) is 6.07 Å². The average Bonchev–Trinajstić information content (AvgIpc) is 2.79. The highest BCUT2D eigenvalue weighted by atomic mass is 79.9. The predicted molar refractivity (Wildman–Crippen MR) is 76.7 cm³/mol. The minimum atomic E-state index is -0.945. The molecular weight excluding hydrogens is 328 g/mol. The van der Waals surface area contributed by atoms with Crippen LogP contribution >= 0.6 is 15.9 Å². The monoisotopic (exact) mass is 335 g/mol. The van der Waals surface area contributed by atoms with Crippen molar-refractivity contribution in [3.63, 3.8) is 0 Å². The highest BCUT2D eigenvalue weighted by molar-refractivity contribution is 9.10. The van der Waals surface area contributed by atoms with Gasteiger partial charge in [-0.2, -0.15) is 0 Å². The van der Waals surface area contributed by atoms with E-state index in [0.717, 1.165) is 27.5 Å². The van der Waals surface area contributed by atoms with Gasteiger partial charge in [-0.05, 0) is 36.4 Å². The molecule has 2 nitrogen and oxygen atoms in total. The predicted octanol–water partition coefficient (Wildman–Crippen LogP) is 4.69. The number of carbonyl (C=O) groups excluding carboxylic acids is 1. The maximum atomic E-state index is 13.3. The van der Waals surface area contributed by atoms with Crippen molar-refractivity contribution < 1.29 is 13.6 Å². The maximum Gasteiger partial charge on any atom is 0.159 e. The first-order chi connectivity index (χ1) is 9.60. The van der Waals surface area contributed by atoms with Crippen LogP contribution in [0.3, 0.4) is 0 Å². The Morgan fingerprint density at radius 2 is 1.85 bits per heavy atom. The zero-order chi connectivity index (χ0) is 14.3. The molecule has 0 radical (unpaired) electrons. The Bertz CT molecular complexity index is 826. The molecule has 0 bridgehead atoms. The van der Waals surface area contributed by atoms with Crippen LogP contribution in [0, 0.1) is 11.6 Å². The van der Waals surface area contributed by atoms with Gasteiger partial charge in [0.05, 0.1) is 5.69 Å². The molecule has 0 amide bonds. The molecule has 0 aliphatic rings. The zero-order valence-electron chi connectivity index (χ0n) is 10.1. The minimum absolute atomic E-state index is 0.423. The lowest BCUT2D eigenvalue weighted by molar-refractivity contribution is 0.112. The topological polar surface area (TPSA) is 32.9 Å². The Kier molecular flexibility index (Phi) is 3.14. The van der Waals surface area contributed by atoms with Crippen molar-refractivity contribution in [3.8, 4) is 11.3 Å². The molecule has 0 unspecified atom stereocenters. The fourth-order valence-corrected chi connectivity index (χ4v) is 2.55. The average molecular weight is 336 g/mol. The summed E-state index contributed by atoms with van der Waals surface area (Å²) in [6, 6.07) is 9.01. The number of hydrogen-bond donors (Lipinski definition) is 1. The molecule has 3 rings (SSSR count). The molecule has 0 aliphatic carbocycles. The van der Waals surface area contributed by atoms with E-state index in [2.05, 4.69) is 20.9 Å². The second-order valence-electron chi connectivity index (χ2n) is 4.35. The summed E-state index contributed by atoms with van der Waals surface area (Å²) in [7, 11) is 0. The second-order valence-corrected chi connectivity index (χ2v) is 5.27. The van der Waals surface area contributed by atoms with Crippen LogP contribution in [-0.2, 0) is 0 Å². The highest BCUT2D eigenvalue weighted by Crippen LogP contribution is 2.31. The molecule has 3 aromatic rings. The van der Waals surface area contributed by atoms with Crippen LogP contribution in [0.5, 0.6) is 0 Å². The SMILES string of the molecule is O=Cc1c(-c2ccc(F)c(F)c2)[nH]c2ccc(Br)cc12. The van der Waals surface area contributed by atoms with Gasteiger partial charge in [-0.15, -0.1) is 0 Å². The summed E-state index contributed by atoms with van der Waals surface area (Å²) in [5, 5.41) is 0.731. The zero-order valence-corrected chi connectivity index (χ0v) is 11.7. The number of H-pyrrole nitrogens is 1.